The molecule has 1 aliphatic rings. The van der Waals surface area contributed by atoms with Crippen LogP contribution in [0.5, 0.6) is 0 Å². The lowest BCUT2D eigenvalue weighted by Crippen LogP contribution is -2.33. The SMILES string of the molecule is CNC1CCC(C(N)c2ccc(F)c(C)c2)CC1. The van der Waals surface area contributed by atoms with Gasteiger partial charge in [-0.25, -0.2) is 4.39 Å². The molecule has 1 fully saturated rings. The molecule has 1 aromatic carbocycles. The number of aryl methyl sites for hydroxylation is 1. The Bertz CT molecular complexity index is 397. The van der Waals surface area contributed by atoms with Crippen molar-refractivity contribution in [1.29, 1.82) is 0 Å². The maximum absolute atomic E-state index is 13.3. The van der Waals surface area contributed by atoms with E-state index in [1.807, 2.05) is 19.2 Å². The van der Waals surface area contributed by atoms with Gasteiger partial charge in [0, 0.05) is 12.1 Å². The van der Waals surface area contributed by atoms with Crippen molar-refractivity contribution in [2.24, 2.45) is 11.7 Å². The molecule has 3 N–H and O–H groups in total. The van der Waals surface area contributed by atoms with E-state index in [1.165, 1.54) is 18.9 Å². The van der Waals surface area contributed by atoms with E-state index in [-0.39, 0.29) is 11.9 Å². The number of halogens is 1. The van der Waals surface area contributed by atoms with Crippen LogP contribution in [0, 0.1) is 18.7 Å². The maximum atomic E-state index is 13.3. The van der Waals surface area contributed by atoms with Gasteiger partial charge in [-0.05, 0) is 62.8 Å². The van der Waals surface area contributed by atoms with Gasteiger partial charge in [-0.2, -0.15) is 0 Å². The number of nitrogens with one attached hydrogen (secondary N) is 1. The average molecular weight is 250 g/mol. The first-order valence-electron chi connectivity index (χ1n) is 6.80. The molecule has 1 saturated carbocycles. The van der Waals surface area contributed by atoms with Crippen molar-refractivity contribution in [3.05, 3.63) is 35.1 Å². The van der Waals surface area contributed by atoms with Crippen LogP contribution in [0.1, 0.15) is 42.9 Å². The highest BCUT2D eigenvalue weighted by Crippen LogP contribution is 2.33. The van der Waals surface area contributed by atoms with Crippen LogP contribution in [0.4, 0.5) is 4.39 Å². The Kier molecular flexibility index (Phi) is 4.36. The molecule has 3 heteroatoms. The normalized spacial score (nSPS) is 26.0. The summed E-state index contributed by atoms with van der Waals surface area (Å²) >= 11 is 0. The van der Waals surface area contributed by atoms with E-state index in [4.69, 9.17) is 5.73 Å². The molecule has 0 radical (unpaired) electrons. The van der Waals surface area contributed by atoms with Crippen molar-refractivity contribution in [2.45, 2.75) is 44.7 Å². The van der Waals surface area contributed by atoms with Crippen LogP contribution in [-0.4, -0.2) is 13.1 Å². The van der Waals surface area contributed by atoms with Gasteiger partial charge in [-0.15, -0.1) is 0 Å². The van der Waals surface area contributed by atoms with Crippen molar-refractivity contribution in [2.75, 3.05) is 7.05 Å². The molecule has 18 heavy (non-hydrogen) atoms. The second-order valence-corrected chi connectivity index (χ2v) is 5.43. The Balaban J connectivity index is 2.03. The van der Waals surface area contributed by atoms with E-state index in [0.29, 0.717) is 17.5 Å². The Morgan fingerprint density at radius 3 is 2.50 bits per heavy atom. The molecule has 1 atom stereocenters. The van der Waals surface area contributed by atoms with Crippen molar-refractivity contribution in [3.63, 3.8) is 0 Å². The number of rotatable bonds is 3. The fraction of sp³-hybridized carbons (Fsp3) is 0.600. The van der Waals surface area contributed by atoms with E-state index in [9.17, 15) is 4.39 Å². The summed E-state index contributed by atoms with van der Waals surface area (Å²) in [6, 6.07) is 5.94. The summed E-state index contributed by atoms with van der Waals surface area (Å²) in [5.41, 5.74) is 8.09. The number of nitrogens with two attached hydrogens (primary N) is 1. The van der Waals surface area contributed by atoms with E-state index in [2.05, 4.69) is 5.32 Å². The molecule has 1 unspecified atom stereocenters. The molecule has 0 aliphatic heterocycles. The fourth-order valence-electron chi connectivity index (χ4n) is 2.91. The first-order valence-corrected chi connectivity index (χ1v) is 6.80. The van der Waals surface area contributed by atoms with E-state index in [1.54, 1.807) is 6.92 Å². The molecule has 0 amide bonds. The molecule has 2 rings (SSSR count). The van der Waals surface area contributed by atoms with Gasteiger partial charge in [0.05, 0.1) is 0 Å². The minimum Gasteiger partial charge on any atom is -0.324 e. The number of hydrogen-bond acceptors (Lipinski definition) is 2. The molecule has 0 bridgehead atoms. The van der Waals surface area contributed by atoms with Gasteiger partial charge in [0.25, 0.3) is 0 Å². The van der Waals surface area contributed by atoms with Crippen molar-refractivity contribution < 1.29 is 4.39 Å². The zero-order valence-corrected chi connectivity index (χ0v) is 11.2. The van der Waals surface area contributed by atoms with Gasteiger partial charge in [-0.1, -0.05) is 12.1 Å². The molecule has 0 heterocycles. The molecular formula is C15H23FN2. The molecule has 0 spiro atoms. The standard InChI is InChI=1S/C15H23FN2/c1-10-9-12(5-8-14(10)16)15(17)11-3-6-13(18-2)7-4-11/h5,8-9,11,13,15,18H,3-4,6-7,17H2,1-2H3. The number of benzene rings is 1. The molecule has 0 aromatic heterocycles. The van der Waals surface area contributed by atoms with Crippen molar-refractivity contribution in [3.8, 4) is 0 Å². The fourth-order valence-corrected chi connectivity index (χ4v) is 2.91. The topological polar surface area (TPSA) is 38.0 Å². The van der Waals surface area contributed by atoms with Crippen LogP contribution in [0.3, 0.4) is 0 Å². The minimum absolute atomic E-state index is 0.0436. The smallest absolute Gasteiger partial charge is 0.126 e. The summed E-state index contributed by atoms with van der Waals surface area (Å²) in [6.45, 7) is 1.80. The van der Waals surface area contributed by atoms with E-state index >= 15 is 0 Å². The third-order valence-corrected chi connectivity index (χ3v) is 4.25. The summed E-state index contributed by atoms with van der Waals surface area (Å²) in [5.74, 6) is 0.379. The van der Waals surface area contributed by atoms with Crippen molar-refractivity contribution >= 4 is 0 Å². The van der Waals surface area contributed by atoms with E-state index in [0.717, 1.165) is 18.4 Å². The third kappa shape index (κ3) is 2.90. The largest absolute Gasteiger partial charge is 0.324 e. The Morgan fingerprint density at radius 1 is 1.28 bits per heavy atom. The Labute approximate surface area is 109 Å². The maximum Gasteiger partial charge on any atom is 0.126 e. The predicted octanol–water partition coefficient (Wildman–Crippen LogP) is 2.91. The van der Waals surface area contributed by atoms with Gasteiger partial charge in [0.2, 0.25) is 0 Å². The highest BCUT2D eigenvalue weighted by atomic mass is 19.1. The second-order valence-electron chi connectivity index (χ2n) is 5.43. The predicted molar refractivity (Wildman–Crippen MR) is 72.9 cm³/mol. The van der Waals surface area contributed by atoms with Crippen molar-refractivity contribution in [1.82, 2.24) is 5.32 Å². The van der Waals surface area contributed by atoms with Gasteiger partial charge < -0.3 is 11.1 Å². The first kappa shape index (κ1) is 13.5. The van der Waals surface area contributed by atoms with Gasteiger partial charge >= 0.3 is 0 Å². The summed E-state index contributed by atoms with van der Waals surface area (Å²) < 4.78 is 13.3. The molecule has 0 saturated heterocycles. The Hall–Kier alpha value is -0.930. The lowest BCUT2D eigenvalue weighted by Gasteiger charge is -2.32. The lowest BCUT2D eigenvalue weighted by molar-refractivity contribution is 0.266. The van der Waals surface area contributed by atoms with E-state index < -0.39 is 0 Å². The molecular weight excluding hydrogens is 227 g/mol. The summed E-state index contributed by atoms with van der Waals surface area (Å²) in [4.78, 5) is 0. The molecule has 2 nitrogen and oxygen atoms in total. The van der Waals surface area contributed by atoms with Crippen LogP contribution < -0.4 is 11.1 Å². The highest BCUT2D eigenvalue weighted by Gasteiger charge is 2.25. The van der Waals surface area contributed by atoms with Crippen LogP contribution in [0.2, 0.25) is 0 Å². The van der Waals surface area contributed by atoms with Gasteiger partial charge in [0.1, 0.15) is 5.82 Å². The average Bonchev–Trinajstić information content (AvgIpc) is 2.41. The number of hydrogen-bond donors (Lipinski definition) is 2. The zero-order chi connectivity index (χ0) is 13.1. The summed E-state index contributed by atoms with van der Waals surface area (Å²) in [5, 5.41) is 3.33. The quantitative estimate of drug-likeness (QED) is 0.865. The highest BCUT2D eigenvalue weighted by molar-refractivity contribution is 5.26. The van der Waals surface area contributed by atoms with Crippen LogP contribution in [0.25, 0.3) is 0 Å². The lowest BCUT2D eigenvalue weighted by atomic mass is 9.79. The minimum atomic E-state index is -0.148. The van der Waals surface area contributed by atoms with Crippen LogP contribution in [-0.2, 0) is 0 Å². The summed E-state index contributed by atoms with van der Waals surface area (Å²) in [7, 11) is 2.02. The monoisotopic (exact) mass is 250 g/mol. The van der Waals surface area contributed by atoms with Gasteiger partial charge in [0.15, 0.2) is 0 Å². The third-order valence-electron chi connectivity index (χ3n) is 4.25. The second kappa shape index (κ2) is 5.81. The summed E-state index contributed by atoms with van der Waals surface area (Å²) in [6.07, 6.45) is 4.69. The molecule has 1 aliphatic carbocycles. The van der Waals surface area contributed by atoms with Crippen LogP contribution >= 0.6 is 0 Å². The first-order chi connectivity index (χ1) is 8.61. The molecule has 100 valence electrons. The Morgan fingerprint density at radius 2 is 1.94 bits per heavy atom. The zero-order valence-electron chi connectivity index (χ0n) is 11.2. The van der Waals surface area contributed by atoms with Crippen LogP contribution in [0.15, 0.2) is 18.2 Å². The van der Waals surface area contributed by atoms with Gasteiger partial charge in [-0.3, -0.25) is 0 Å². The molecule has 1 aromatic rings.